The van der Waals surface area contributed by atoms with Crippen molar-refractivity contribution in [2.75, 3.05) is 26.3 Å². The van der Waals surface area contributed by atoms with Crippen LogP contribution in [0.3, 0.4) is 0 Å². The molecule has 0 spiro atoms. The highest BCUT2D eigenvalue weighted by molar-refractivity contribution is 5.51. The van der Waals surface area contributed by atoms with Crippen LogP contribution in [0.1, 0.15) is 30.9 Å². The Bertz CT molecular complexity index is 508. The Labute approximate surface area is 123 Å². The molecule has 0 bridgehead atoms. The molecule has 1 N–H and O–H groups in total. The summed E-state index contributed by atoms with van der Waals surface area (Å²) < 4.78 is 38.6. The zero-order chi connectivity index (χ0) is 14.9. The first kappa shape index (κ1) is 14.6. The molecule has 21 heavy (non-hydrogen) atoms. The molecule has 116 valence electrons. The molecule has 0 amide bonds. The van der Waals surface area contributed by atoms with Gasteiger partial charge in [-0.15, -0.1) is 0 Å². The van der Waals surface area contributed by atoms with E-state index in [1.54, 1.807) is 6.07 Å². The molecule has 2 heterocycles. The number of nitrogens with one attached hydrogen (secondary N) is 1. The molecule has 1 saturated heterocycles. The van der Waals surface area contributed by atoms with Gasteiger partial charge in [-0.2, -0.15) is 0 Å². The van der Waals surface area contributed by atoms with E-state index in [4.69, 9.17) is 9.47 Å². The maximum Gasteiger partial charge on any atom is 0.270 e. The van der Waals surface area contributed by atoms with Gasteiger partial charge in [0.25, 0.3) is 5.92 Å². The van der Waals surface area contributed by atoms with Crippen molar-refractivity contribution in [2.24, 2.45) is 5.92 Å². The average molecular weight is 297 g/mol. The standard InChI is InChI=1S/C16H21F2NO2/c1-16(17,18)13-9-12(8-11-2-4-19-5-3-11)15-14(10-13)20-6-7-21-15/h9-11,19H,2-8H2,1H3. The molecule has 0 saturated carbocycles. The summed E-state index contributed by atoms with van der Waals surface area (Å²) in [7, 11) is 0. The summed E-state index contributed by atoms with van der Waals surface area (Å²) in [6.07, 6.45) is 2.92. The van der Waals surface area contributed by atoms with Gasteiger partial charge < -0.3 is 14.8 Å². The molecule has 1 fully saturated rings. The first-order valence-electron chi connectivity index (χ1n) is 7.55. The van der Waals surface area contributed by atoms with Crippen LogP contribution in [0.25, 0.3) is 0 Å². The van der Waals surface area contributed by atoms with Crippen molar-refractivity contribution in [2.45, 2.75) is 32.1 Å². The van der Waals surface area contributed by atoms with Gasteiger partial charge in [-0.3, -0.25) is 0 Å². The van der Waals surface area contributed by atoms with Gasteiger partial charge in [-0.25, -0.2) is 8.78 Å². The van der Waals surface area contributed by atoms with E-state index in [0.29, 0.717) is 30.6 Å². The molecule has 5 heteroatoms. The predicted molar refractivity (Wildman–Crippen MR) is 76.3 cm³/mol. The Morgan fingerprint density at radius 2 is 1.90 bits per heavy atom. The van der Waals surface area contributed by atoms with E-state index in [-0.39, 0.29) is 5.56 Å². The van der Waals surface area contributed by atoms with Crippen molar-refractivity contribution < 1.29 is 18.3 Å². The van der Waals surface area contributed by atoms with Gasteiger partial charge in [-0.1, -0.05) is 0 Å². The molecule has 3 nitrogen and oxygen atoms in total. The van der Waals surface area contributed by atoms with Gasteiger partial charge >= 0.3 is 0 Å². The van der Waals surface area contributed by atoms with Crippen molar-refractivity contribution in [1.29, 1.82) is 0 Å². The molecular weight excluding hydrogens is 276 g/mol. The van der Waals surface area contributed by atoms with Crippen LogP contribution in [0, 0.1) is 5.92 Å². The van der Waals surface area contributed by atoms with E-state index in [1.807, 2.05) is 0 Å². The highest BCUT2D eigenvalue weighted by Gasteiger charge is 2.29. The number of rotatable bonds is 3. The average Bonchev–Trinajstić information content (AvgIpc) is 2.47. The van der Waals surface area contributed by atoms with Gasteiger partial charge in [0.05, 0.1) is 0 Å². The van der Waals surface area contributed by atoms with Crippen LogP contribution in [0.5, 0.6) is 11.5 Å². The second-order valence-electron chi connectivity index (χ2n) is 5.95. The summed E-state index contributed by atoms with van der Waals surface area (Å²) in [5.74, 6) is -1.22. The fourth-order valence-electron chi connectivity index (χ4n) is 3.03. The molecule has 0 unspecified atom stereocenters. The third-order valence-electron chi connectivity index (χ3n) is 4.19. The van der Waals surface area contributed by atoms with Crippen molar-refractivity contribution >= 4 is 0 Å². The van der Waals surface area contributed by atoms with Gasteiger partial charge in [0.2, 0.25) is 0 Å². The first-order chi connectivity index (χ1) is 10.0. The van der Waals surface area contributed by atoms with Gasteiger partial charge in [0.15, 0.2) is 11.5 Å². The van der Waals surface area contributed by atoms with E-state index in [1.165, 1.54) is 6.07 Å². The zero-order valence-corrected chi connectivity index (χ0v) is 12.3. The van der Waals surface area contributed by atoms with E-state index >= 15 is 0 Å². The maximum absolute atomic E-state index is 13.7. The Morgan fingerprint density at radius 3 is 2.62 bits per heavy atom. The number of fused-ring (bicyclic) bond motifs is 1. The molecule has 0 aromatic heterocycles. The Balaban J connectivity index is 1.92. The first-order valence-corrected chi connectivity index (χ1v) is 7.55. The highest BCUT2D eigenvalue weighted by Crippen LogP contribution is 2.41. The lowest BCUT2D eigenvalue weighted by molar-refractivity contribution is 0.0168. The molecule has 1 aromatic rings. The second kappa shape index (κ2) is 5.79. The summed E-state index contributed by atoms with van der Waals surface area (Å²) in [5.41, 5.74) is 0.867. The predicted octanol–water partition coefficient (Wildman–Crippen LogP) is 3.11. The smallest absolute Gasteiger partial charge is 0.270 e. The van der Waals surface area contributed by atoms with Crippen molar-refractivity contribution in [3.8, 4) is 11.5 Å². The summed E-state index contributed by atoms with van der Waals surface area (Å²) in [4.78, 5) is 0. The quantitative estimate of drug-likeness (QED) is 0.930. The van der Waals surface area contributed by atoms with Crippen LogP contribution < -0.4 is 14.8 Å². The second-order valence-corrected chi connectivity index (χ2v) is 5.95. The molecule has 2 aliphatic rings. The van der Waals surface area contributed by atoms with Crippen LogP contribution in [0.15, 0.2) is 12.1 Å². The minimum atomic E-state index is -2.86. The fraction of sp³-hybridized carbons (Fsp3) is 0.625. The third-order valence-corrected chi connectivity index (χ3v) is 4.19. The number of hydrogen-bond acceptors (Lipinski definition) is 3. The number of benzene rings is 1. The normalized spacial score (nSPS) is 19.6. The topological polar surface area (TPSA) is 30.5 Å². The lowest BCUT2D eigenvalue weighted by Gasteiger charge is -2.27. The fourth-order valence-corrected chi connectivity index (χ4v) is 3.03. The van der Waals surface area contributed by atoms with Crippen molar-refractivity contribution in [3.63, 3.8) is 0 Å². The minimum Gasteiger partial charge on any atom is -0.486 e. The molecular formula is C16H21F2NO2. The number of ether oxygens (including phenoxy) is 2. The van der Waals surface area contributed by atoms with Gasteiger partial charge in [0.1, 0.15) is 13.2 Å². The van der Waals surface area contributed by atoms with E-state index in [0.717, 1.165) is 44.8 Å². The van der Waals surface area contributed by atoms with Gasteiger partial charge in [0, 0.05) is 12.5 Å². The zero-order valence-electron chi connectivity index (χ0n) is 12.3. The summed E-state index contributed by atoms with van der Waals surface area (Å²) >= 11 is 0. The summed E-state index contributed by atoms with van der Waals surface area (Å²) in [6, 6.07) is 3.01. The maximum atomic E-state index is 13.7. The minimum absolute atomic E-state index is 0.00989. The number of hydrogen-bond donors (Lipinski definition) is 1. The molecule has 1 aromatic carbocycles. The van der Waals surface area contributed by atoms with E-state index in [9.17, 15) is 8.78 Å². The summed E-state index contributed by atoms with van der Waals surface area (Å²) in [5, 5.41) is 3.32. The largest absolute Gasteiger partial charge is 0.486 e. The molecule has 0 atom stereocenters. The monoisotopic (exact) mass is 297 g/mol. The lowest BCUT2D eigenvalue weighted by atomic mass is 9.89. The Kier molecular flexibility index (Phi) is 4.02. The summed E-state index contributed by atoms with van der Waals surface area (Å²) in [6.45, 7) is 3.81. The lowest BCUT2D eigenvalue weighted by Crippen LogP contribution is -2.29. The molecule has 3 rings (SSSR count). The number of piperidine rings is 1. The van der Waals surface area contributed by atoms with Crippen LogP contribution in [0.4, 0.5) is 8.78 Å². The molecule has 2 aliphatic heterocycles. The van der Waals surface area contributed by atoms with E-state index in [2.05, 4.69) is 5.32 Å². The van der Waals surface area contributed by atoms with Crippen molar-refractivity contribution in [3.05, 3.63) is 23.3 Å². The van der Waals surface area contributed by atoms with E-state index < -0.39 is 5.92 Å². The number of halogens is 2. The van der Waals surface area contributed by atoms with Crippen LogP contribution in [-0.2, 0) is 12.3 Å². The van der Waals surface area contributed by atoms with Crippen LogP contribution >= 0.6 is 0 Å². The Morgan fingerprint density at radius 1 is 1.19 bits per heavy atom. The highest BCUT2D eigenvalue weighted by atomic mass is 19.3. The van der Waals surface area contributed by atoms with Crippen molar-refractivity contribution in [1.82, 2.24) is 5.32 Å². The third kappa shape index (κ3) is 3.28. The SMILES string of the molecule is CC(F)(F)c1cc(CC2CCNCC2)c2c(c1)OCCO2. The Hall–Kier alpha value is -1.36. The van der Waals surface area contributed by atoms with Crippen LogP contribution in [0.2, 0.25) is 0 Å². The molecule has 0 aliphatic carbocycles. The van der Waals surface area contributed by atoms with Crippen LogP contribution in [-0.4, -0.2) is 26.3 Å². The number of alkyl halides is 2. The molecule has 0 radical (unpaired) electrons. The van der Waals surface area contributed by atoms with Gasteiger partial charge in [-0.05, 0) is 56.0 Å².